The summed E-state index contributed by atoms with van der Waals surface area (Å²) in [4.78, 5) is 6.79. The summed E-state index contributed by atoms with van der Waals surface area (Å²) in [5, 5.41) is 19.4. The van der Waals surface area contributed by atoms with Gasteiger partial charge in [-0.1, -0.05) is 5.16 Å². The van der Waals surface area contributed by atoms with Crippen molar-refractivity contribution in [3.8, 4) is 22.8 Å². The molecule has 0 amide bonds. The fourth-order valence-electron chi connectivity index (χ4n) is 3.28. The quantitative estimate of drug-likeness (QED) is 0.734. The summed E-state index contributed by atoms with van der Waals surface area (Å²) >= 11 is 0. The van der Waals surface area contributed by atoms with E-state index in [4.69, 9.17) is 4.52 Å². The van der Waals surface area contributed by atoms with E-state index < -0.39 is 0 Å². The normalized spacial score (nSPS) is 18.8. The van der Waals surface area contributed by atoms with E-state index >= 15 is 0 Å². The first-order valence-electron chi connectivity index (χ1n) is 8.35. The minimum atomic E-state index is 0.122. The summed E-state index contributed by atoms with van der Waals surface area (Å²) in [5.41, 5.74) is 4.58. The molecule has 2 N–H and O–H groups in total. The van der Waals surface area contributed by atoms with Crippen LogP contribution in [0.15, 0.2) is 10.6 Å². The van der Waals surface area contributed by atoms with Crippen molar-refractivity contribution in [2.24, 2.45) is 7.05 Å². The van der Waals surface area contributed by atoms with Gasteiger partial charge in [-0.15, -0.1) is 0 Å². The van der Waals surface area contributed by atoms with Gasteiger partial charge in [-0.3, -0.25) is 14.7 Å². The third-order valence-corrected chi connectivity index (χ3v) is 4.82. The lowest BCUT2D eigenvalue weighted by Gasteiger charge is -2.30. The second-order valence-corrected chi connectivity index (χ2v) is 6.49. The van der Waals surface area contributed by atoms with Gasteiger partial charge in [0.1, 0.15) is 5.69 Å². The SMILES string of the molecule is Cc1nn(C)c(C)c1-c1cc(-c2nc(C3CNCCN3C)no2)[nH]n1. The highest BCUT2D eigenvalue weighted by Crippen LogP contribution is 2.28. The van der Waals surface area contributed by atoms with Crippen LogP contribution < -0.4 is 5.32 Å². The molecule has 3 aromatic heterocycles. The van der Waals surface area contributed by atoms with Crippen LogP contribution in [0.5, 0.6) is 0 Å². The number of hydrogen-bond donors (Lipinski definition) is 2. The number of aromatic nitrogens is 6. The van der Waals surface area contributed by atoms with E-state index in [0.29, 0.717) is 17.4 Å². The molecule has 1 fully saturated rings. The molecule has 0 radical (unpaired) electrons. The van der Waals surface area contributed by atoms with Gasteiger partial charge in [-0.05, 0) is 27.0 Å². The first kappa shape index (κ1) is 16.0. The van der Waals surface area contributed by atoms with Gasteiger partial charge in [-0.25, -0.2) is 0 Å². The Bertz CT molecular complexity index is 892. The molecular weight excluding hydrogens is 320 g/mol. The summed E-state index contributed by atoms with van der Waals surface area (Å²) in [6.07, 6.45) is 0. The Hall–Kier alpha value is -2.52. The smallest absolute Gasteiger partial charge is 0.276 e. The second-order valence-electron chi connectivity index (χ2n) is 6.49. The van der Waals surface area contributed by atoms with E-state index in [9.17, 15) is 0 Å². The average Bonchev–Trinajstić information content (AvgIpc) is 3.28. The maximum Gasteiger partial charge on any atom is 0.276 e. The van der Waals surface area contributed by atoms with E-state index in [2.05, 4.69) is 42.7 Å². The average molecular weight is 342 g/mol. The maximum atomic E-state index is 5.46. The van der Waals surface area contributed by atoms with Gasteiger partial charge < -0.3 is 9.84 Å². The lowest BCUT2D eigenvalue weighted by Crippen LogP contribution is -2.44. The van der Waals surface area contributed by atoms with Crippen molar-refractivity contribution in [1.82, 2.24) is 40.3 Å². The first-order valence-corrected chi connectivity index (χ1v) is 8.35. The molecule has 9 heteroatoms. The number of hydrogen-bond acceptors (Lipinski definition) is 7. The second kappa shape index (κ2) is 6.08. The van der Waals surface area contributed by atoms with Crippen molar-refractivity contribution < 1.29 is 4.52 Å². The summed E-state index contributed by atoms with van der Waals surface area (Å²) in [5.74, 6) is 1.14. The molecule has 4 heterocycles. The Labute approximate surface area is 145 Å². The van der Waals surface area contributed by atoms with Gasteiger partial charge in [0.15, 0.2) is 5.82 Å². The van der Waals surface area contributed by atoms with Crippen molar-refractivity contribution in [2.45, 2.75) is 19.9 Å². The molecule has 0 saturated carbocycles. The highest BCUT2D eigenvalue weighted by Gasteiger charge is 2.26. The van der Waals surface area contributed by atoms with Crippen LogP contribution in [-0.2, 0) is 7.05 Å². The molecule has 0 spiro atoms. The van der Waals surface area contributed by atoms with Crippen LogP contribution in [0.1, 0.15) is 23.3 Å². The van der Waals surface area contributed by atoms with E-state index in [-0.39, 0.29) is 6.04 Å². The largest absolute Gasteiger partial charge is 0.332 e. The lowest BCUT2D eigenvalue weighted by molar-refractivity contribution is 0.190. The van der Waals surface area contributed by atoms with Gasteiger partial charge in [0.2, 0.25) is 0 Å². The number of rotatable bonds is 3. The molecule has 25 heavy (non-hydrogen) atoms. The van der Waals surface area contributed by atoms with Crippen molar-refractivity contribution in [3.63, 3.8) is 0 Å². The Morgan fingerprint density at radius 2 is 2.12 bits per heavy atom. The molecule has 1 aliphatic heterocycles. The lowest BCUT2D eigenvalue weighted by atomic mass is 10.1. The molecule has 3 aromatic rings. The van der Waals surface area contributed by atoms with Crippen LogP contribution in [0.4, 0.5) is 0 Å². The van der Waals surface area contributed by atoms with Crippen LogP contribution in [0.3, 0.4) is 0 Å². The van der Waals surface area contributed by atoms with Gasteiger partial charge in [-0.2, -0.15) is 15.2 Å². The molecule has 0 aromatic carbocycles. The van der Waals surface area contributed by atoms with Crippen LogP contribution in [-0.4, -0.2) is 61.7 Å². The Balaban J connectivity index is 1.63. The summed E-state index contributed by atoms with van der Waals surface area (Å²) in [6, 6.07) is 2.05. The minimum absolute atomic E-state index is 0.122. The molecule has 1 atom stereocenters. The Kier molecular flexibility index (Phi) is 3.89. The van der Waals surface area contributed by atoms with E-state index in [0.717, 1.165) is 42.3 Å². The molecule has 132 valence electrons. The highest BCUT2D eigenvalue weighted by molar-refractivity contribution is 5.68. The molecule has 9 nitrogen and oxygen atoms in total. The van der Waals surface area contributed by atoms with Crippen LogP contribution in [0, 0.1) is 13.8 Å². The van der Waals surface area contributed by atoms with Crippen molar-refractivity contribution >= 4 is 0 Å². The number of aryl methyl sites for hydroxylation is 2. The maximum absolute atomic E-state index is 5.46. The monoisotopic (exact) mass is 342 g/mol. The zero-order chi connectivity index (χ0) is 17.6. The summed E-state index contributed by atoms with van der Waals surface area (Å²) < 4.78 is 7.32. The third-order valence-electron chi connectivity index (χ3n) is 4.82. The predicted octanol–water partition coefficient (Wildman–Crippen LogP) is 1.05. The summed E-state index contributed by atoms with van der Waals surface area (Å²) in [7, 11) is 4.00. The summed E-state index contributed by atoms with van der Waals surface area (Å²) in [6.45, 7) is 6.76. The van der Waals surface area contributed by atoms with Crippen LogP contribution in [0.25, 0.3) is 22.8 Å². The van der Waals surface area contributed by atoms with Crippen LogP contribution >= 0.6 is 0 Å². The minimum Gasteiger partial charge on any atom is -0.332 e. The van der Waals surface area contributed by atoms with E-state index in [1.54, 1.807) is 0 Å². The fraction of sp³-hybridized carbons (Fsp3) is 0.500. The Morgan fingerprint density at radius 3 is 2.84 bits per heavy atom. The highest BCUT2D eigenvalue weighted by atomic mass is 16.5. The fourth-order valence-corrected chi connectivity index (χ4v) is 3.28. The zero-order valence-corrected chi connectivity index (χ0v) is 14.9. The van der Waals surface area contributed by atoms with Crippen molar-refractivity contribution in [2.75, 3.05) is 26.7 Å². The molecule has 4 rings (SSSR count). The van der Waals surface area contributed by atoms with Gasteiger partial charge in [0.05, 0.1) is 17.4 Å². The molecule has 1 aliphatic rings. The third kappa shape index (κ3) is 2.75. The van der Waals surface area contributed by atoms with Crippen molar-refractivity contribution in [1.29, 1.82) is 0 Å². The first-order chi connectivity index (χ1) is 12.0. The predicted molar refractivity (Wildman–Crippen MR) is 91.8 cm³/mol. The Morgan fingerprint density at radius 1 is 1.28 bits per heavy atom. The van der Waals surface area contributed by atoms with E-state index in [1.165, 1.54) is 0 Å². The molecular formula is C16H22N8O. The molecule has 0 aliphatic carbocycles. The van der Waals surface area contributed by atoms with Crippen molar-refractivity contribution in [3.05, 3.63) is 23.3 Å². The topological polar surface area (TPSA) is 101 Å². The van der Waals surface area contributed by atoms with Gasteiger partial charge in [0, 0.05) is 37.9 Å². The number of aromatic amines is 1. The van der Waals surface area contributed by atoms with Gasteiger partial charge >= 0.3 is 0 Å². The zero-order valence-electron chi connectivity index (χ0n) is 14.9. The number of nitrogens with zero attached hydrogens (tertiary/aromatic N) is 6. The molecule has 1 unspecified atom stereocenters. The number of H-pyrrole nitrogens is 1. The number of likely N-dealkylation sites (N-methyl/N-ethyl adjacent to an activating group) is 1. The van der Waals surface area contributed by atoms with Crippen LogP contribution in [0.2, 0.25) is 0 Å². The standard InChI is InChI=1S/C16H22N8O/c1-9-14(10(2)24(4)21-9)11-7-12(20-19-11)16-18-15(22-25-16)13-8-17-5-6-23(13)3/h7,13,17H,5-6,8H2,1-4H3,(H,19,20). The molecule has 0 bridgehead atoms. The number of nitrogens with one attached hydrogen (secondary N) is 2. The van der Waals surface area contributed by atoms with E-state index in [1.807, 2.05) is 31.6 Å². The number of piperazine rings is 1. The van der Waals surface area contributed by atoms with Gasteiger partial charge in [0.25, 0.3) is 5.89 Å². The molecule has 1 saturated heterocycles.